The first-order chi connectivity index (χ1) is 13.2. The summed E-state index contributed by atoms with van der Waals surface area (Å²) in [5.74, 6) is -2.33. The lowest BCUT2D eigenvalue weighted by atomic mass is 10.2. The second-order valence-corrected chi connectivity index (χ2v) is 9.00. The molecule has 0 aromatic heterocycles. The number of hydrogen-bond donors (Lipinski definition) is 2. The first kappa shape index (κ1) is 30.4. The van der Waals surface area contributed by atoms with E-state index in [-0.39, 0.29) is 17.8 Å². The fraction of sp³-hybridized carbons (Fsp3) is 0.167. The highest BCUT2D eigenvalue weighted by Gasteiger charge is 2.18. The molecular weight excluding hydrogens is 712 g/mol. The summed E-state index contributed by atoms with van der Waals surface area (Å²) < 4.78 is 9.21. The number of hydrogen-bond acceptors (Lipinski definition) is 4. The molecule has 1 rings (SSSR count). The number of aliphatic carboxylic acids is 2. The number of benzene rings is 1. The van der Waals surface area contributed by atoms with Crippen LogP contribution in [0.2, 0.25) is 0 Å². The van der Waals surface area contributed by atoms with Gasteiger partial charge in [0, 0.05) is 45.1 Å². The van der Waals surface area contributed by atoms with Crippen LogP contribution in [0.25, 0.3) is 0 Å². The van der Waals surface area contributed by atoms with E-state index in [1.165, 1.54) is 13.8 Å². The Hall–Kier alpha value is -0.750. The van der Waals surface area contributed by atoms with E-state index in [9.17, 15) is 14.4 Å². The first-order valence-corrected chi connectivity index (χ1v) is 11.2. The van der Waals surface area contributed by atoms with Crippen molar-refractivity contribution in [2.75, 3.05) is 0 Å². The van der Waals surface area contributed by atoms with Gasteiger partial charge in [-0.25, -0.2) is 14.4 Å². The minimum atomic E-state index is -0.935. The van der Waals surface area contributed by atoms with Crippen LogP contribution in [-0.4, -0.2) is 28.1 Å². The van der Waals surface area contributed by atoms with Gasteiger partial charge < -0.3 is 14.9 Å². The monoisotopic (exact) mass is 724 g/mol. The molecule has 1 aromatic rings. The smallest absolute Gasteiger partial charge is 0.330 e. The number of rotatable bonds is 5. The molecule has 0 fully saturated rings. The SMILES string of the molecule is C=C(C)C(=O)O.C=C(C)C(=O)O.C=CC(=O)OCc1c(Br)c(Br)c(Br)c(Br)c1Br. The van der Waals surface area contributed by atoms with Gasteiger partial charge in [-0.3, -0.25) is 0 Å². The number of carboxylic acid groups (broad SMARTS) is 2. The van der Waals surface area contributed by atoms with Crippen LogP contribution in [0, 0.1) is 0 Å². The normalized spacial score (nSPS) is 9.07. The van der Waals surface area contributed by atoms with Gasteiger partial charge in [-0.15, -0.1) is 0 Å². The lowest BCUT2D eigenvalue weighted by molar-refractivity contribution is -0.139. The quantitative estimate of drug-likeness (QED) is 0.146. The fourth-order valence-electron chi connectivity index (χ4n) is 0.979. The van der Waals surface area contributed by atoms with Gasteiger partial charge in [0.15, 0.2) is 0 Å². The van der Waals surface area contributed by atoms with E-state index in [4.69, 9.17) is 14.9 Å². The number of esters is 1. The summed E-state index contributed by atoms with van der Waals surface area (Å²) in [6, 6.07) is 0. The van der Waals surface area contributed by atoms with Crippen molar-refractivity contribution in [3.05, 3.63) is 64.9 Å². The Bertz CT molecular complexity index is 756. The Morgan fingerprint density at radius 3 is 1.34 bits per heavy atom. The molecular formula is C18H17Br5O6. The summed E-state index contributed by atoms with van der Waals surface area (Å²) in [5.41, 5.74) is 1.17. The lowest BCUT2D eigenvalue weighted by Crippen LogP contribution is -2.02. The van der Waals surface area contributed by atoms with Crippen molar-refractivity contribution in [3.8, 4) is 0 Å². The van der Waals surface area contributed by atoms with Crippen LogP contribution in [0.5, 0.6) is 0 Å². The Kier molecular flexibility index (Phi) is 15.9. The molecule has 0 aliphatic heterocycles. The van der Waals surface area contributed by atoms with Crippen molar-refractivity contribution >= 4 is 97.6 Å². The van der Waals surface area contributed by atoms with E-state index in [1.54, 1.807) is 0 Å². The summed E-state index contributed by atoms with van der Waals surface area (Å²) in [6.45, 7) is 12.7. The minimum absolute atomic E-state index is 0.149. The summed E-state index contributed by atoms with van der Waals surface area (Å²) in [5, 5.41) is 15.8. The number of carbonyl (C=O) groups is 3. The average Bonchev–Trinajstić information content (AvgIpc) is 2.65. The molecule has 0 bridgehead atoms. The second-order valence-electron chi connectivity index (χ2n) is 5.03. The Morgan fingerprint density at radius 1 is 0.828 bits per heavy atom. The molecule has 1 aromatic carbocycles. The zero-order valence-corrected chi connectivity index (χ0v) is 23.3. The van der Waals surface area contributed by atoms with Crippen molar-refractivity contribution < 1.29 is 29.3 Å². The van der Waals surface area contributed by atoms with Crippen LogP contribution in [0.15, 0.2) is 59.3 Å². The standard InChI is InChI=1S/C10H5Br5O2.2C4H6O2/c1-2-5(16)17-3-4-6(11)8(13)10(15)9(14)7(4)12;2*1-3(2)4(5)6/h2H,1,3H2;2*1H2,2H3,(H,5,6). The lowest BCUT2D eigenvalue weighted by Gasteiger charge is -2.13. The summed E-state index contributed by atoms with van der Waals surface area (Å²) in [4.78, 5) is 30.2. The maximum absolute atomic E-state index is 11.0. The van der Waals surface area contributed by atoms with Crippen molar-refractivity contribution in [2.45, 2.75) is 20.5 Å². The highest BCUT2D eigenvalue weighted by molar-refractivity contribution is 9.15. The van der Waals surface area contributed by atoms with Gasteiger partial charge in [-0.2, -0.15) is 0 Å². The van der Waals surface area contributed by atoms with Gasteiger partial charge in [0.2, 0.25) is 0 Å². The predicted molar refractivity (Wildman–Crippen MR) is 130 cm³/mol. The minimum Gasteiger partial charge on any atom is -0.478 e. The first-order valence-electron chi connectivity index (χ1n) is 7.25. The van der Waals surface area contributed by atoms with Crippen molar-refractivity contribution in [2.24, 2.45) is 0 Å². The van der Waals surface area contributed by atoms with E-state index in [0.29, 0.717) is 0 Å². The Labute approximate surface area is 210 Å². The molecule has 0 heterocycles. The van der Waals surface area contributed by atoms with Crippen LogP contribution in [-0.2, 0) is 25.7 Å². The number of carboxylic acids is 2. The van der Waals surface area contributed by atoms with Gasteiger partial charge >= 0.3 is 17.9 Å². The summed E-state index contributed by atoms with van der Waals surface area (Å²) >= 11 is 17.2. The molecule has 0 atom stereocenters. The van der Waals surface area contributed by atoms with E-state index >= 15 is 0 Å². The van der Waals surface area contributed by atoms with Crippen molar-refractivity contribution in [3.63, 3.8) is 0 Å². The molecule has 0 unspecified atom stereocenters. The van der Waals surface area contributed by atoms with Gasteiger partial charge in [-0.1, -0.05) is 19.7 Å². The van der Waals surface area contributed by atoms with E-state index < -0.39 is 17.9 Å². The topological polar surface area (TPSA) is 101 Å². The Morgan fingerprint density at radius 2 is 1.10 bits per heavy atom. The van der Waals surface area contributed by atoms with Crippen LogP contribution in [0.3, 0.4) is 0 Å². The Balaban J connectivity index is 0. The number of carbonyl (C=O) groups excluding carboxylic acids is 1. The highest BCUT2D eigenvalue weighted by atomic mass is 79.9. The van der Waals surface area contributed by atoms with Gasteiger partial charge in [0.25, 0.3) is 0 Å². The van der Waals surface area contributed by atoms with Crippen LogP contribution in [0.4, 0.5) is 0 Å². The third kappa shape index (κ3) is 11.9. The maximum Gasteiger partial charge on any atom is 0.330 e. The van der Waals surface area contributed by atoms with E-state index in [2.05, 4.69) is 99.4 Å². The van der Waals surface area contributed by atoms with E-state index in [1.807, 2.05) is 0 Å². The van der Waals surface area contributed by atoms with Gasteiger partial charge in [0.05, 0.1) is 0 Å². The van der Waals surface area contributed by atoms with Crippen LogP contribution < -0.4 is 0 Å². The fourth-order valence-corrected chi connectivity index (χ4v) is 4.34. The van der Waals surface area contributed by atoms with Gasteiger partial charge in [0.1, 0.15) is 6.61 Å². The molecule has 0 saturated carbocycles. The second kappa shape index (κ2) is 15.1. The zero-order chi connectivity index (χ0) is 23.5. The molecule has 2 N–H and O–H groups in total. The molecule has 0 spiro atoms. The third-order valence-corrected chi connectivity index (χ3v) is 8.81. The van der Waals surface area contributed by atoms with Crippen molar-refractivity contribution in [1.29, 1.82) is 0 Å². The molecule has 0 radical (unpaired) electrons. The molecule has 0 aliphatic carbocycles. The molecule has 0 aliphatic rings. The molecule has 29 heavy (non-hydrogen) atoms. The summed E-state index contributed by atoms with van der Waals surface area (Å²) in [6.07, 6.45) is 1.13. The molecule has 0 amide bonds. The number of halogens is 5. The predicted octanol–water partition coefficient (Wildman–Crippen LogP) is 7.02. The average molecular weight is 729 g/mol. The molecule has 6 nitrogen and oxygen atoms in total. The van der Waals surface area contributed by atoms with Crippen LogP contribution >= 0.6 is 79.6 Å². The molecule has 0 saturated heterocycles. The highest BCUT2D eigenvalue weighted by Crippen LogP contribution is 2.44. The third-order valence-electron chi connectivity index (χ3n) is 2.56. The molecule has 11 heteroatoms. The van der Waals surface area contributed by atoms with Gasteiger partial charge in [-0.05, 0) is 93.5 Å². The zero-order valence-electron chi connectivity index (χ0n) is 15.3. The van der Waals surface area contributed by atoms with E-state index in [0.717, 1.165) is 34.0 Å². The number of ether oxygens (including phenoxy) is 1. The van der Waals surface area contributed by atoms with Crippen LogP contribution in [0.1, 0.15) is 19.4 Å². The maximum atomic E-state index is 11.0. The summed E-state index contributed by atoms with van der Waals surface area (Å²) in [7, 11) is 0. The van der Waals surface area contributed by atoms with Crippen molar-refractivity contribution in [1.82, 2.24) is 0 Å². The largest absolute Gasteiger partial charge is 0.478 e. The molecule has 160 valence electrons.